The van der Waals surface area contributed by atoms with Gasteiger partial charge in [-0.3, -0.25) is 4.79 Å². The number of aliphatic hydroxyl groups is 6. The molecule has 7 N–H and O–H groups in total. The number of aliphatic hydroxyl groups excluding tert-OH is 6. The molecule has 10 nitrogen and oxygen atoms in total. The number of amides is 1. The van der Waals surface area contributed by atoms with Crippen LogP contribution in [0.4, 0.5) is 0 Å². The van der Waals surface area contributed by atoms with Crippen molar-refractivity contribution in [2.45, 2.75) is 365 Å². The molecule has 1 heterocycles. The Kier molecular flexibility index (Phi) is 51.2. The molecule has 8 unspecified atom stereocenters. The number of rotatable bonds is 56. The van der Waals surface area contributed by atoms with Gasteiger partial charge in [0.15, 0.2) is 6.29 Å². The summed E-state index contributed by atoms with van der Waals surface area (Å²) in [4.78, 5) is 13.2. The van der Waals surface area contributed by atoms with Crippen LogP contribution in [0.3, 0.4) is 0 Å². The highest BCUT2D eigenvalue weighted by molar-refractivity contribution is 5.80. The van der Waals surface area contributed by atoms with Crippen molar-refractivity contribution >= 4 is 5.91 Å². The fourth-order valence-electron chi connectivity index (χ4n) is 10.5. The molecule has 10 heteroatoms. The van der Waals surface area contributed by atoms with E-state index in [2.05, 4.69) is 43.5 Å². The highest BCUT2D eigenvalue weighted by Gasteiger charge is 2.44. The summed E-state index contributed by atoms with van der Waals surface area (Å²) < 4.78 is 11.3. The van der Waals surface area contributed by atoms with E-state index in [0.29, 0.717) is 12.8 Å². The predicted molar refractivity (Wildman–Crippen MR) is 310 cm³/mol. The van der Waals surface area contributed by atoms with Crippen LogP contribution in [0.2, 0.25) is 0 Å². The molecule has 1 fully saturated rings. The second-order valence-electron chi connectivity index (χ2n) is 22.7. The van der Waals surface area contributed by atoms with Crippen LogP contribution < -0.4 is 5.32 Å². The van der Waals surface area contributed by atoms with Crippen LogP contribution in [-0.2, 0) is 14.3 Å². The lowest BCUT2D eigenvalue weighted by Gasteiger charge is -2.40. The normalized spacial score (nSPS) is 19.5. The summed E-state index contributed by atoms with van der Waals surface area (Å²) in [7, 11) is 0. The number of carbonyl (C=O) groups excluding carboxylic acids is 1. The maximum Gasteiger partial charge on any atom is 0.249 e. The highest BCUT2D eigenvalue weighted by Crippen LogP contribution is 2.24. The molecule has 0 aromatic rings. The Labute approximate surface area is 456 Å². The molecule has 0 aliphatic carbocycles. The van der Waals surface area contributed by atoms with Crippen LogP contribution in [0.5, 0.6) is 0 Å². The third-order valence-electron chi connectivity index (χ3n) is 15.7. The summed E-state index contributed by atoms with van der Waals surface area (Å²) in [5, 5.41) is 65.4. The zero-order valence-corrected chi connectivity index (χ0v) is 48.5. The Morgan fingerprint density at radius 2 is 0.797 bits per heavy atom. The zero-order valence-electron chi connectivity index (χ0n) is 48.5. The van der Waals surface area contributed by atoms with E-state index in [1.165, 1.54) is 231 Å². The molecule has 438 valence electrons. The fourth-order valence-corrected chi connectivity index (χ4v) is 10.5. The molecule has 0 radical (unpaired) electrons. The SMILES string of the molecule is CCCCCCCCCCC/C=C\C/C=C\CCCCCCCCCCCCCCCCCCC(O)C(=O)NC(COC1OC(CO)C(O)C(O)C1O)C(O)CCCCCCCCCCCCCCCCCCC. The molecule has 0 spiro atoms. The predicted octanol–water partition coefficient (Wildman–Crippen LogP) is 15.5. The number of carbonyl (C=O) groups is 1. The van der Waals surface area contributed by atoms with Gasteiger partial charge in [-0.15, -0.1) is 0 Å². The van der Waals surface area contributed by atoms with Crippen LogP contribution in [0.25, 0.3) is 0 Å². The first kappa shape index (κ1) is 70.6. The summed E-state index contributed by atoms with van der Waals surface area (Å²) >= 11 is 0. The van der Waals surface area contributed by atoms with E-state index in [4.69, 9.17) is 9.47 Å². The van der Waals surface area contributed by atoms with E-state index in [1.54, 1.807) is 0 Å². The van der Waals surface area contributed by atoms with Crippen LogP contribution in [0.15, 0.2) is 24.3 Å². The number of allylic oxidation sites excluding steroid dienone is 4. The Hall–Kier alpha value is -1.37. The summed E-state index contributed by atoms with van der Waals surface area (Å²) in [5.41, 5.74) is 0. The number of nitrogens with one attached hydrogen (secondary N) is 1. The Balaban J connectivity index is 2.15. The second-order valence-corrected chi connectivity index (χ2v) is 22.7. The van der Waals surface area contributed by atoms with Crippen molar-refractivity contribution in [2.24, 2.45) is 0 Å². The van der Waals surface area contributed by atoms with E-state index in [1.807, 2.05) is 0 Å². The van der Waals surface area contributed by atoms with Gasteiger partial charge in [0.05, 0.1) is 25.4 Å². The van der Waals surface area contributed by atoms with Crippen molar-refractivity contribution in [2.75, 3.05) is 13.2 Å². The van der Waals surface area contributed by atoms with Crippen LogP contribution in [0, 0.1) is 0 Å². The van der Waals surface area contributed by atoms with Gasteiger partial charge in [0.25, 0.3) is 0 Å². The van der Waals surface area contributed by atoms with E-state index in [-0.39, 0.29) is 6.61 Å². The summed E-state index contributed by atoms with van der Waals surface area (Å²) in [6.07, 6.45) is 58.3. The summed E-state index contributed by atoms with van der Waals surface area (Å²) in [6, 6.07) is -0.893. The Bertz CT molecular complexity index is 1230. The lowest BCUT2D eigenvalue weighted by Crippen LogP contribution is -2.60. The average molecular weight is 1050 g/mol. The molecule has 8 atom stereocenters. The fraction of sp³-hybridized carbons (Fsp3) is 0.922. The topological polar surface area (TPSA) is 169 Å². The van der Waals surface area contributed by atoms with Gasteiger partial charge < -0.3 is 45.4 Å². The minimum atomic E-state index is -1.60. The number of hydrogen-bond acceptors (Lipinski definition) is 9. The van der Waals surface area contributed by atoms with Crippen molar-refractivity contribution in [1.82, 2.24) is 5.32 Å². The van der Waals surface area contributed by atoms with Gasteiger partial charge >= 0.3 is 0 Å². The van der Waals surface area contributed by atoms with Crippen LogP contribution in [-0.4, -0.2) is 98.7 Å². The molecule has 0 bridgehead atoms. The van der Waals surface area contributed by atoms with Crippen molar-refractivity contribution in [3.8, 4) is 0 Å². The Morgan fingerprint density at radius 3 is 1.16 bits per heavy atom. The van der Waals surface area contributed by atoms with Crippen LogP contribution in [0.1, 0.15) is 316 Å². The molecular weight excluding hydrogens is 927 g/mol. The van der Waals surface area contributed by atoms with Crippen molar-refractivity contribution in [1.29, 1.82) is 0 Å². The third-order valence-corrected chi connectivity index (χ3v) is 15.7. The first-order valence-electron chi connectivity index (χ1n) is 32.1. The lowest BCUT2D eigenvalue weighted by molar-refractivity contribution is -0.302. The van der Waals surface area contributed by atoms with Gasteiger partial charge in [-0.2, -0.15) is 0 Å². The molecule has 0 aromatic carbocycles. The minimum Gasteiger partial charge on any atom is -0.394 e. The van der Waals surface area contributed by atoms with E-state index >= 15 is 0 Å². The number of hydrogen-bond donors (Lipinski definition) is 7. The molecule has 1 saturated heterocycles. The van der Waals surface area contributed by atoms with Gasteiger partial charge in [-0.05, 0) is 44.9 Å². The minimum absolute atomic E-state index is 0.252. The molecule has 1 aliphatic heterocycles. The highest BCUT2D eigenvalue weighted by atomic mass is 16.7. The molecule has 1 aliphatic rings. The number of ether oxygens (including phenoxy) is 2. The third kappa shape index (κ3) is 41.7. The van der Waals surface area contributed by atoms with Crippen LogP contribution >= 0.6 is 0 Å². The summed E-state index contributed by atoms with van der Waals surface area (Å²) in [6.45, 7) is 3.71. The monoisotopic (exact) mass is 1050 g/mol. The van der Waals surface area contributed by atoms with E-state index in [0.717, 1.165) is 57.8 Å². The zero-order chi connectivity index (χ0) is 53.8. The molecule has 1 amide bonds. The second kappa shape index (κ2) is 53.6. The van der Waals surface area contributed by atoms with Crippen molar-refractivity contribution in [3.63, 3.8) is 0 Å². The molecular formula is C64H123NO9. The first-order chi connectivity index (χ1) is 36.3. The lowest BCUT2D eigenvalue weighted by atomic mass is 9.99. The smallest absolute Gasteiger partial charge is 0.249 e. The molecule has 0 saturated carbocycles. The first-order valence-corrected chi connectivity index (χ1v) is 32.1. The van der Waals surface area contributed by atoms with E-state index in [9.17, 15) is 35.4 Å². The van der Waals surface area contributed by atoms with Crippen molar-refractivity contribution < 1.29 is 44.9 Å². The maximum absolute atomic E-state index is 13.2. The van der Waals surface area contributed by atoms with Gasteiger partial charge in [0.1, 0.15) is 30.5 Å². The van der Waals surface area contributed by atoms with Gasteiger partial charge in [-0.1, -0.05) is 295 Å². The van der Waals surface area contributed by atoms with E-state index < -0.39 is 61.5 Å². The largest absolute Gasteiger partial charge is 0.394 e. The van der Waals surface area contributed by atoms with Gasteiger partial charge in [-0.25, -0.2) is 0 Å². The summed E-state index contributed by atoms with van der Waals surface area (Å²) in [5.74, 6) is -0.578. The van der Waals surface area contributed by atoms with Crippen molar-refractivity contribution in [3.05, 3.63) is 24.3 Å². The van der Waals surface area contributed by atoms with Gasteiger partial charge in [0.2, 0.25) is 5.91 Å². The molecule has 74 heavy (non-hydrogen) atoms. The molecule has 1 rings (SSSR count). The average Bonchev–Trinajstić information content (AvgIpc) is 3.40. The Morgan fingerprint density at radius 1 is 0.459 bits per heavy atom. The standard InChI is InChI=1S/C64H123NO9/c1-3-5-7-9-11-13-15-17-19-21-22-23-24-25-26-27-28-29-30-31-32-33-34-35-37-39-41-43-45-47-49-51-53-58(68)63(72)65-56(55-73-64-62(71)61(70)60(69)59(54-66)74-64)57(67)52-50-48-46-44-42-40-38-36-20-18-16-14-12-10-8-6-4-2/h22-23,25-26,56-62,64,66-71H,3-21,24,27-55H2,1-2H3,(H,65,72)/b23-22-,26-25-. The van der Waals surface area contributed by atoms with Gasteiger partial charge in [0, 0.05) is 0 Å². The molecule has 0 aromatic heterocycles. The quantitative estimate of drug-likeness (QED) is 0.0232. The maximum atomic E-state index is 13.2. The number of unbranched alkanes of at least 4 members (excludes halogenated alkanes) is 41.